The Morgan fingerprint density at radius 2 is 2.11 bits per heavy atom. The van der Waals surface area contributed by atoms with E-state index in [4.69, 9.17) is 4.74 Å². The van der Waals surface area contributed by atoms with Crippen molar-refractivity contribution in [1.29, 1.82) is 0 Å². The fourth-order valence-corrected chi connectivity index (χ4v) is 3.57. The van der Waals surface area contributed by atoms with Gasteiger partial charge in [0.2, 0.25) is 10.0 Å². The van der Waals surface area contributed by atoms with E-state index in [-0.39, 0.29) is 17.9 Å². The topological polar surface area (TPSA) is 58.6 Å². The van der Waals surface area contributed by atoms with Gasteiger partial charge in [-0.15, -0.1) is 0 Å². The van der Waals surface area contributed by atoms with Crippen molar-refractivity contribution in [2.24, 2.45) is 5.92 Å². The van der Waals surface area contributed by atoms with Gasteiger partial charge in [0.05, 0.1) is 18.5 Å². The normalized spacial score (nSPS) is 33.9. The molecule has 2 heterocycles. The second-order valence-corrected chi connectivity index (χ2v) is 7.72. The van der Waals surface area contributed by atoms with Crippen molar-refractivity contribution < 1.29 is 13.2 Å². The molecule has 2 aliphatic rings. The van der Waals surface area contributed by atoms with Crippen LogP contribution >= 0.6 is 0 Å². The molecule has 0 aromatic carbocycles. The lowest BCUT2D eigenvalue weighted by Gasteiger charge is -2.36. The van der Waals surface area contributed by atoms with Crippen LogP contribution in [0.4, 0.5) is 0 Å². The summed E-state index contributed by atoms with van der Waals surface area (Å²) in [5.74, 6) is 0.663. The van der Waals surface area contributed by atoms with E-state index < -0.39 is 10.0 Å². The van der Waals surface area contributed by atoms with E-state index >= 15 is 0 Å². The Morgan fingerprint density at radius 1 is 1.39 bits per heavy atom. The van der Waals surface area contributed by atoms with Crippen molar-refractivity contribution in [1.82, 2.24) is 9.62 Å². The second kappa shape index (κ2) is 5.45. The zero-order valence-corrected chi connectivity index (χ0v) is 12.2. The molecule has 2 fully saturated rings. The van der Waals surface area contributed by atoms with Gasteiger partial charge in [-0.2, -0.15) is 0 Å². The molecule has 0 unspecified atom stereocenters. The predicted octanol–water partition coefficient (Wildman–Crippen LogP) is 0.423. The maximum Gasteiger partial charge on any atom is 0.211 e. The first-order chi connectivity index (χ1) is 8.41. The van der Waals surface area contributed by atoms with Crippen LogP contribution < -0.4 is 4.72 Å². The molecule has 0 aliphatic carbocycles. The minimum Gasteiger partial charge on any atom is -0.375 e. The first kappa shape index (κ1) is 14.2. The van der Waals surface area contributed by atoms with Gasteiger partial charge in [-0.3, -0.25) is 4.90 Å². The Bertz CT molecular complexity index is 383. The SMILES string of the molecule is CCS(=O)(=O)N[C@H]1C[C@H]2CO[C@@H](C(C)C)CN2C1. The molecule has 0 aromatic heterocycles. The van der Waals surface area contributed by atoms with Crippen molar-refractivity contribution in [3.8, 4) is 0 Å². The van der Waals surface area contributed by atoms with Crippen LogP contribution in [0.5, 0.6) is 0 Å². The van der Waals surface area contributed by atoms with Gasteiger partial charge in [0.1, 0.15) is 0 Å². The molecule has 0 spiro atoms. The van der Waals surface area contributed by atoms with Crippen molar-refractivity contribution in [3.05, 3.63) is 0 Å². The molecule has 2 rings (SSSR count). The van der Waals surface area contributed by atoms with Crippen molar-refractivity contribution in [2.75, 3.05) is 25.4 Å². The molecule has 0 aromatic rings. The van der Waals surface area contributed by atoms with Gasteiger partial charge < -0.3 is 4.74 Å². The largest absolute Gasteiger partial charge is 0.375 e. The van der Waals surface area contributed by atoms with E-state index in [0.717, 1.165) is 26.1 Å². The number of rotatable bonds is 4. The Hall–Kier alpha value is -0.170. The van der Waals surface area contributed by atoms with Gasteiger partial charge in [0.25, 0.3) is 0 Å². The molecule has 0 amide bonds. The highest BCUT2D eigenvalue weighted by molar-refractivity contribution is 7.89. The lowest BCUT2D eigenvalue weighted by atomic mass is 10.0. The number of hydrogen-bond donors (Lipinski definition) is 1. The summed E-state index contributed by atoms with van der Waals surface area (Å²) in [6, 6.07) is 0.430. The molecule has 0 radical (unpaired) electrons. The second-order valence-electron chi connectivity index (χ2n) is 5.68. The first-order valence-corrected chi connectivity index (χ1v) is 8.42. The molecule has 2 aliphatic heterocycles. The monoisotopic (exact) mass is 276 g/mol. The zero-order valence-electron chi connectivity index (χ0n) is 11.4. The van der Waals surface area contributed by atoms with Crippen LogP contribution in [0.15, 0.2) is 0 Å². The standard InChI is InChI=1S/C12H24N2O3S/c1-4-18(15,16)13-10-5-11-8-17-12(9(2)3)7-14(11)6-10/h9-13H,4-8H2,1-3H3/t10-,11-,12+/m0/s1. The van der Waals surface area contributed by atoms with Crippen LogP contribution in [0.2, 0.25) is 0 Å². The molecule has 3 atom stereocenters. The van der Waals surface area contributed by atoms with E-state index in [1.54, 1.807) is 6.92 Å². The van der Waals surface area contributed by atoms with Crippen molar-refractivity contribution in [3.63, 3.8) is 0 Å². The maximum absolute atomic E-state index is 11.6. The predicted molar refractivity (Wildman–Crippen MR) is 70.9 cm³/mol. The summed E-state index contributed by atoms with van der Waals surface area (Å²) in [4.78, 5) is 2.37. The summed E-state index contributed by atoms with van der Waals surface area (Å²) in [7, 11) is -3.09. The molecule has 2 saturated heterocycles. The van der Waals surface area contributed by atoms with Crippen LogP contribution in [0.3, 0.4) is 0 Å². The number of fused-ring (bicyclic) bond motifs is 1. The quantitative estimate of drug-likeness (QED) is 0.808. The van der Waals surface area contributed by atoms with Crippen LogP contribution in [0.1, 0.15) is 27.2 Å². The van der Waals surface area contributed by atoms with Crippen LogP contribution in [0, 0.1) is 5.92 Å². The molecule has 18 heavy (non-hydrogen) atoms. The number of hydrogen-bond acceptors (Lipinski definition) is 4. The summed E-state index contributed by atoms with van der Waals surface area (Å²) in [5, 5.41) is 0. The molecule has 6 heteroatoms. The molecule has 0 saturated carbocycles. The van der Waals surface area contributed by atoms with Crippen LogP contribution in [-0.2, 0) is 14.8 Å². The summed E-state index contributed by atoms with van der Waals surface area (Å²) in [6.07, 6.45) is 1.15. The molecule has 5 nitrogen and oxygen atoms in total. The van der Waals surface area contributed by atoms with Gasteiger partial charge in [0, 0.05) is 25.2 Å². The van der Waals surface area contributed by atoms with Gasteiger partial charge >= 0.3 is 0 Å². The van der Waals surface area contributed by atoms with E-state index in [1.807, 2.05) is 0 Å². The number of ether oxygens (including phenoxy) is 1. The number of nitrogens with zero attached hydrogens (tertiary/aromatic N) is 1. The highest BCUT2D eigenvalue weighted by atomic mass is 32.2. The molecule has 106 valence electrons. The van der Waals surface area contributed by atoms with Crippen LogP contribution in [0.25, 0.3) is 0 Å². The third-order valence-electron chi connectivity index (χ3n) is 3.91. The van der Waals surface area contributed by atoms with Gasteiger partial charge in [-0.25, -0.2) is 13.1 Å². The van der Waals surface area contributed by atoms with Gasteiger partial charge in [-0.1, -0.05) is 13.8 Å². The van der Waals surface area contributed by atoms with Gasteiger partial charge in [-0.05, 0) is 19.3 Å². The molecule has 1 N–H and O–H groups in total. The number of morpholine rings is 1. The summed E-state index contributed by atoms with van der Waals surface area (Å²) < 4.78 is 31.8. The Balaban J connectivity index is 1.92. The summed E-state index contributed by atoms with van der Waals surface area (Å²) in [5.41, 5.74) is 0. The van der Waals surface area contributed by atoms with E-state index in [9.17, 15) is 8.42 Å². The fraction of sp³-hybridized carbons (Fsp3) is 1.00. The molecule has 0 bridgehead atoms. The lowest BCUT2D eigenvalue weighted by Crippen LogP contribution is -2.48. The Morgan fingerprint density at radius 3 is 2.72 bits per heavy atom. The van der Waals surface area contributed by atoms with Crippen molar-refractivity contribution >= 4 is 10.0 Å². The summed E-state index contributed by atoms with van der Waals surface area (Å²) in [6.45, 7) is 8.47. The number of nitrogens with one attached hydrogen (secondary N) is 1. The smallest absolute Gasteiger partial charge is 0.211 e. The first-order valence-electron chi connectivity index (χ1n) is 6.77. The minimum atomic E-state index is -3.09. The van der Waals surface area contributed by atoms with E-state index in [2.05, 4.69) is 23.5 Å². The summed E-state index contributed by atoms with van der Waals surface area (Å²) >= 11 is 0. The van der Waals surface area contributed by atoms with E-state index in [1.165, 1.54) is 0 Å². The average Bonchev–Trinajstić information content (AvgIpc) is 2.68. The fourth-order valence-electron chi connectivity index (χ4n) is 2.73. The lowest BCUT2D eigenvalue weighted by molar-refractivity contribution is -0.0683. The zero-order chi connectivity index (χ0) is 13.3. The average molecular weight is 276 g/mol. The minimum absolute atomic E-state index is 0.0504. The molecular weight excluding hydrogens is 252 g/mol. The van der Waals surface area contributed by atoms with Crippen molar-refractivity contribution in [2.45, 2.75) is 45.4 Å². The highest BCUT2D eigenvalue weighted by Crippen LogP contribution is 2.26. The van der Waals surface area contributed by atoms with E-state index in [0.29, 0.717) is 12.0 Å². The van der Waals surface area contributed by atoms with Gasteiger partial charge in [0.15, 0.2) is 0 Å². The third kappa shape index (κ3) is 3.23. The maximum atomic E-state index is 11.6. The highest BCUT2D eigenvalue weighted by Gasteiger charge is 2.38. The van der Waals surface area contributed by atoms with Crippen LogP contribution in [-0.4, -0.2) is 57.0 Å². The Kier molecular flexibility index (Phi) is 4.31. The Labute approximate surface area is 110 Å². The third-order valence-corrected chi connectivity index (χ3v) is 5.37. The number of sulfonamides is 1. The molecular formula is C12H24N2O3S.